The fourth-order valence-electron chi connectivity index (χ4n) is 1.87. The van der Waals surface area contributed by atoms with Crippen LogP contribution in [0.5, 0.6) is 11.5 Å². The second kappa shape index (κ2) is 6.43. The molecule has 5 nitrogen and oxygen atoms in total. The number of nitrogens with one attached hydrogen (secondary N) is 1. The van der Waals surface area contributed by atoms with Crippen molar-refractivity contribution in [2.24, 2.45) is 0 Å². The van der Waals surface area contributed by atoms with Crippen molar-refractivity contribution in [1.82, 2.24) is 5.32 Å². The third kappa shape index (κ3) is 3.61. The first-order valence-corrected chi connectivity index (χ1v) is 6.55. The van der Waals surface area contributed by atoms with Crippen LogP contribution in [-0.2, 0) is 4.79 Å². The Kier molecular flexibility index (Phi) is 4.63. The Morgan fingerprint density at radius 3 is 3.21 bits per heavy atom. The number of fused-ring (bicyclic) bond motifs is 1. The molecule has 1 atom stereocenters. The Hall–Kier alpha value is -1.75. The van der Waals surface area contributed by atoms with Crippen molar-refractivity contribution in [2.45, 2.75) is 25.9 Å². The third-order valence-electron chi connectivity index (χ3n) is 2.96. The minimum absolute atomic E-state index is 0.00887. The van der Waals surface area contributed by atoms with E-state index < -0.39 is 6.10 Å². The normalized spacial score (nSPS) is 16.6. The van der Waals surface area contributed by atoms with Gasteiger partial charge in [-0.05, 0) is 18.6 Å². The highest BCUT2D eigenvalue weighted by Crippen LogP contribution is 2.34. The quantitative estimate of drug-likeness (QED) is 0.763. The van der Waals surface area contributed by atoms with E-state index in [1.807, 2.05) is 0 Å². The minimum Gasteiger partial charge on any atom is -0.490 e. The lowest BCUT2D eigenvalue weighted by atomic mass is 10.1. The van der Waals surface area contributed by atoms with E-state index in [2.05, 4.69) is 12.2 Å². The van der Waals surface area contributed by atoms with Crippen molar-refractivity contribution in [3.63, 3.8) is 0 Å². The first kappa shape index (κ1) is 13.7. The first-order valence-electron chi connectivity index (χ1n) is 6.55. The fraction of sp³-hybridized carbons (Fsp3) is 0.500. The summed E-state index contributed by atoms with van der Waals surface area (Å²) in [4.78, 5) is 11.5. The number of hydrogen-bond acceptors (Lipinski definition) is 4. The molecule has 0 radical (unpaired) electrons. The number of aliphatic hydroxyl groups excluding tert-OH is 1. The van der Waals surface area contributed by atoms with Gasteiger partial charge in [-0.2, -0.15) is 0 Å². The molecule has 0 aliphatic carbocycles. The zero-order chi connectivity index (χ0) is 13.7. The molecule has 1 unspecified atom stereocenters. The molecular weight excluding hydrogens is 246 g/mol. The summed E-state index contributed by atoms with van der Waals surface area (Å²) in [6.45, 7) is 3.02. The Labute approximate surface area is 112 Å². The van der Waals surface area contributed by atoms with Crippen molar-refractivity contribution in [3.8, 4) is 11.5 Å². The number of unbranched alkanes of at least 4 members (excludes halogenated alkanes) is 1. The van der Waals surface area contributed by atoms with Gasteiger partial charge in [0.15, 0.2) is 6.61 Å². The number of hydrogen-bond donors (Lipinski definition) is 2. The lowest BCUT2D eigenvalue weighted by molar-refractivity contribution is -0.123. The zero-order valence-corrected chi connectivity index (χ0v) is 11.0. The largest absolute Gasteiger partial charge is 0.490 e. The molecule has 0 fully saturated rings. The molecule has 1 aromatic carbocycles. The molecule has 1 aliphatic heterocycles. The van der Waals surface area contributed by atoms with Gasteiger partial charge in [-0.1, -0.05) is 13.3 Å². The molecule has 0 bridgehead atoms. The molecule has 104 valence electrons. The zero-order valence-electron chi connectivity index (χ0n) is 11.0. The maximum absolute atomic E-state index is 11.5. The molecule has 2 N–H and O–H groups in total. The van der Waals surface area contributed by atoms with Gasteiger partial charge < -0.3 is 19.9 Å². The van der Waals surface area contributed by atoms with Crippen LogP contribution in [-0.4, -0.2) is 30.8 Å². The molecule has 1 aromatic rings. The highest BCUT2D eigenvalue weighted by atomic mass is 16.5. The highest BCUT2D eigenvalue weighted by Gasteiger charge is 2.22. The summed E-state index contributed by atoms with van der Waals surface area (Å²) >= 11 is 0. The Morgan fingerprint density at radius 2 is 2.42 bits per heavy atom. The van der Waals surface area contributed by atoms with Crippen LogP contribution in [0.1, 0.15) is 31.4 Å². The van der Waals surface area contributed by atoms with Gasteiger partial charge >= 0.3 is 0 Å². The van der Waals surface area contributed by atoms with Crippen LogP contribution in [0.15, 0.2) is 18.2 Å². The molecule has 1 heterocycles. The SMILES string of the molecule is CCCCNC(=O)COc1ccc2c(c1)OCC2O. The van der Waals surface area contributed by atoms with Crippen LogP contribution < -0.4 is 14.8 Å². The average molecular weight is 265 g/mol. The van der Waals surface area contributed by atoms with Crippen molar-refractivity contribution in [3.05, 3.63) is 23.8 Å². The molecular formula is C14H19NO4. The summed E-state index contributed by atoms with van der Waals surface area (Å²) in [5, 5.41) is 12.4. The predicted octanol–water partition coefficient (Wildman–Crippen LogP) is 1.41. The third-order valence-corrected chi connectivity index (χ3v) is 2.96. The molecule has 19 heavy (non-hydrogen) atoms. The van der Waals surface area contributed by atoms with Gasteiger partial charge in [0.05, 0.1) is 0 Å². The molecule has 0 saturated carbocycles. The first-order chi connectivity index (χ1) is 9.20. The van der Waals surface area contributed by atoms with Gasteiger partial charge in [0.2, 0.25) is 0 Å². The van der Waals surface area contributed by atoms with Gasteiger partial charge in [-0.15, -0.1) is 0 Å². The summed E-state index contributed by atoms with van der Waals surface area (Å²) in [7, 11) is 0. The molecule has 5 heteroatoms. The van der Waals surface area contributed by atoms with Gasteiger partial charge in [-0.3, -0.25) is 4.79 Å². The van der Waals surface area contributed by atoms with Crippen molar-refractivity contribution in [2.75, 3.05) is 19.8 Å². The van der Waals surface area contributed by atoms with Crippen LogP contribution in [0.4, 0.5) is 0 Å². The maximum atomic E-state index is 11.5. The second-order valence-electron chi connectivity index (χ2n) is 4.52. The number of ether oxygens (including phenoxy) is 2. The smallest absolute Gasteiger partial charge is 0.257 e. The van der Waals surface area contributed by atoms with Crippen LogP contribution in [0.2, 0.25) is 0 Å². The van der Waals surface area contributed by atoms with E-state index in [1.54, 1.807) is 18.2 Å². The Bertz CT molecular complexity index is 447. The fourth-order valence-corrected chi connectivity index (χ4v) is 1.87. The highest BCUT2D eigenvalue weighted by molar-refractivity contribution is 5.77. The van der Waals surface area contributed by atoms with Crippen molar-refractivity contribution < 1.29 is 19.4 Å². The summed E-state index contributed by atoms with van der Waals surface area (Å²) in [5.41, 5.74) is 0.764. The Balaban J connectivity index is 1.82. The number of rotatable bonds is 6. The van der Waals surface area contributed by atoms with Crippen molar-refractivity contribution >= 4 is 5.91 Å². The molecule has 1 aliphatic rings. The van der Waals surface area contributed by atoms with Crippen LogP contribution >= 0.6 is 0 Å². The predicted molar refractivity (Wildman–Crippen MR) is 70.3 cm³/mol. The van der Waals surface area contributed by atoms with Crippen LogP contribution in [0.3, 0.4) is 0 Å². The summed E-state index contributed by atoms with van der Waals surface area (Å²) < 4.78 is 10.7. The van der Waals surface area contributed by atoms with Gasteiger partial charge in [0.1, 0.15) is 24.2 Å². The molecule has 0 saturated heterocycles. The van der Waals surface area contributed by atoms with E-state index >= 15 is 0 Å². The standard InChI is InChI=1S/C14H19NO4/c1-2-3-6-15-14(17)9-18-10-4-5-11-12(16)8-19-13(11)7-10/h4-5,7,12,16H,2-3,6,8-9H2,1H3,(H,15,17). The summed E-state index contributed by atoms with van der Waals surface area (Å²) in [5.74, 6) is 1.06. The van der Waals surface area contributed by atoms with Gasteiger partial charge in [0, 0.05) is 18.2 Å². The van der Waals surface area contributed by atoms with E-state index in [9.17, 15) is 9.90 Å². The van der Waals surface area contributed by atoms with Gasteiger partial charge in [0.25, 0.3) is 5.91 Å². The lowest BCUT2D eigenvalue weighted by Gasteiger charge is -2.08. The average Bonchev–Trinajstić information content (AvgIpc) is 2.78. The van der Waals surface area contributed by atoms with E-state index in [4.69, 9.17) is 9.47 Å². The monoisotopic (exact) mass is 265 g/mol. The number of aliphatic hydroxyl groups is 1. The number of amides is 1. The van der Waals surface area contributed by atoms with Crippen molar-refractivity contribution in [1.29, 1.82) is 0 Å². The molecule has 2 rings (SSSR count). The number of carbonyl (C=O) groups excluding carboxylic acids is 1. The van der Waals surface area contributed by atoms with Gasteiger partial charge in [-0.25, -0.2) is 0 Å². The van der Waals surface area contributed by atoms with E-state index in [0.717, 1.165) is 18.4 Å². The van der Waals surface area contributed by atoms with E-state index in [0.29, 0.717) is 18.0 Å². The van der Waals surface area contributed by atoms with Crippen LogP contribution in [0, 0.1) is 0 Å². The molecule has 1 amide bonds. The molecule has 0 spiro atoms. The summed E-state index contributed by atoms with van der Waals surface area (Å²) in [6, 6.07) is 5.19. The number of carbonyl (C=O) groups is 1. The number of benzene rings is 1. The minimum atomic E-state index is -0.568. The maximum Gasteiger partial charge on any atom is 0.257 e. The second-order valence-corrected chi connectivity index (χ2v) is 4.52. The topological polar surface area (TPSA) is 67.8 Å². The van der Waals surface area contributed by atoms with Crippen LogP contribution in [0.25, 0.3) is 0 Å². The van der Waals surface area contributed by atoms with E-state index in [-0.39, 0.29) is 19.1 Å². The molecule has 0 aromatic heterocycles. The lowest BCUT2D eigenvalue weighted by Crippen LogP contribution is -2.29. The summed E-state index contributed by atoms with van der Waals surface area (Å²) in [6.07, 6.45) is 1.45. The van der Waals surface area contributed by atoms with E-state index in [1.165, 1.54) is 0 Å². The Morgan fingerprint density at radius 1 is 1.58 bits per heavy atom.